The van der Waals surface area contributed by atoms with Gasteiger partial charge in [0.05, 0.1) is 6.54 Å². The van der Waals surface area contributed by atoms with Crippen LogP contribution in [0.15, 0.2) is 42.7 Å². The van der Waals surface area contributed by atoms with Gasteiger partial charge in [-0.1, -0.05) is 12.1 Å². The molecular weight excluding hydrogens is 264 g/mol. The average molecular weight is 284 g/mol. The first-order valence-corrected chi connectivity index (χ1v) is 7.32. The molecular formula is C16H20N4O. The van der Waals surface area contributed by atoms with Gasteiger partial charge in [-0.25, -0.2) is 0 Å². The summed E-state index contributed by atoms with van der Waals surface area (Å²) >= 11 is 0. The summed E-state index contributed by atoms with van der Waals surface area (Å²) < 4.78 is 1.85. The van der Waals surface area contributed by atoms with Crippen LogP contribution in [0.25, 0.3) is 0 Å². The number of amides is 1. The summed E-state index contributed by atoms with van der Waals surface area (Å²) in [4.78, 5) is 12.0. The van der Waals surface area contributed by atoms with Crippen LogP contribution in [0, 0.1) is 5.92 Å². The summed E-state index contributed by atoms with van der Waals surface area (Å²) in [7, 11) is 0. The first kappa shape index (κ1) is 13.8. The average Bonchev–Trinajstić information content (AvgIpc) is 3.24. The predicted molar refractivity (Wildman–Crippen MR) is 80.8 cm³/mol. The van der Waals surface area contributed by atoms with Crippen molar-refractivity contribution in [1.29, 1.82) is 0 Å². The van der Waals surface area contributed by atoms with Crippen molar-refractivity contribution in [3.63, 3.8) is 0 Å². The summed E-state index contributed by atoms with van der Waals surface area (Å²) in [6.45, 7) is 1.26. The van der Waals surface area contributed by atoms with Gasteiger partial charge in [0.2, 0.25) is 0 Å². The van der Waals surface area contributed by atoms with Crippen LogP contribution >= 0.6 is 0 Å². The lowest BCUT2D eigenvalue weighted by atomic mass is 10.1. The minimum atomic E-state index is -0.0586. The smallest absolute Gasteiger partial charge is 0.251 e. The zero-order valence-corrected chi connectivity index (χ0v) is 11.9. The molecule has 2 aromatic rings. The standard InChI is InChI=1S/C16H20N4O/c17-15(13-6-7-13)10-18-16(21)14-4-2-12(3-5-14)11-20-9-1-8-19-20/h1-5,8-9,13,15H,6-7,10-11,17H2,(H,18,21). The van der Waals surface area contributed by atoms with Crippen LogP contribution in [0.2, 0.25) is 0 Å². The number of hydrogen-bond donors (Lipinski definition) is 2. The molecule has 1 aliphatic carbocycles. The first-order chi connectivity index (χ1) is 10.2. The fourth-order valence-corrected chi connectivity index (χ4v) is 2.35. The summed E-state index contributed by atoms with van der Waals surface area (Å²) in [5.41, 5.74) is 7.77. The first-order valence-electron chi connectivity index (χ1n) is 7.32. The molecule has 5 heteroatoms. The van der Waals surface area contributed by atoms with Crippen LogP contribution < -0.4 is 11.1 Å². The number of nitrogens with zero attached hydrogens (tertiary/aromatic N) is 2. The minimum absolute atomic E-state index is 0.0586. The Morgan fingerprint density at radius 3 is 2.76 bits per heavy atom. The van der Waals surface area contributed by atoms with E-state index in [1.54, 1.807) is 6.20 Å². The Morgan fingerprint density at radius 1 is 1.38 bits per heavy atom. The minimum Gasteiger partial charge on any atom is -0.350 e. The van der Waals surface area contributed by atoms with Crippen molar-refractivity contribution in [2.75, 3.05) is 6.54 Å². The van der Waals surface area contributed by atoms with Crippen molar-refractivity contribution < 1.29 is 4.79 Å². The third-order valence-corrected chi connectivity index (χ3v) is 3.85. The van der Waals surface area contributed by atoms with Crippen LogP contribution in [0.3, 0.4) is 0 Å². The molecule has 1 aromatic carbocycles. The Bertz CT molecular complexity index is 587. The highest BCUT2D eigenvalue weighted by Crippen LogP contribution is 2.31. The number of nitrogens with one attached hydrogen (secondary N) is 1. The van der Waals surface area contributed by atoms with E-state index < -0.39 is 0 Å². The monoisotopic (exact) mass is 284 g/mol. The third-order valence-electron chi connectivity index (χ3n) is 3.85. The summed E-state index contributed by atoms with van der Waals surface area (Å²) in [5, 5.41) is 7.07. The van der Waals surface area contributed by atoms with Gasteiger partial charge in [-0.05, 0) is 42.5 Å². The molecule has 1 amide bonds. The molecule has 1 aliphatic rings. The fraction of sp³-hybridized carbons (Fsp3) is 0.375. The van der Waals surface area contributed by atoms with E-state index in [0.717, 1.165) is 5.56 Å². The van der Waals surface area contributed by atoms with Crippen molar-refractivity contribution in [1.82, 2.24) is 15.1 Å². The Balaban J connectivity index is 1.54. The summed E-state index contributed by atoms with van der Waals surface area (Å²) in [6.07, 6.45) is 6.06. The van der Waals surface area contributed by atoms with Crippen LogP contribution in [0.1, 0.15) is 28.8 Å². The molecule has 110 valence electrons. The van der Waals surface area contributed by atoms with Gasteiger partial charge in [0.25, 0.3) is 5.91 Å². The number of nitrogens with two attached hydrogens (primary N) is 1. The Hall–Kier alpha value is -2.14. The van der Waals surface area contributed by atoms with Gasteiger partial charge in [0.15, 0.2) is 0 Å². The lowest BCUT2D eigenvalue weighted by Crippen LogP contribution is -2.38. The molecule has 1 heterocycles. The maximum atomic E-state index is 12.0. The molecule has 1 saturated carbocycles. The molecule has 1 unspecified atom stereocenters. The number of carbonyl (C=O) groups excluding carboxylic acids is 1. The SMILES string of the molecule is NC(CNC(=O)c1ccc(Cn2cccn2)cc1)C1CC1. The zero-order valence-electron chi connectivity index (χ0n) is 11.9. The van der Waals surface area contributed by atoms with Crippen molar-refractivity contribution in [2.45, 2.75) is 25.4 Å². The molecule has 0 spiro atoms. The van der Waals surface area contributed by atoms with E-state index in [9.17, 15) is 4.79 Å². The Kier molecular flexibility index (Phi) is 4.01. The molecule has 21 heavy (non-hydrogen) atoms. The van der Waals surface area contributed by atoms with E-state index in [1.165, 1.54) is 12.8 Å². The largest absolute Gasteiger partial charge is 0.350 e. The lowest BCUT2D eigenvalue weighted by Gasteiger charge is -2.11. The lowest BCUT2D eigenvalue weighted by molar-refractivity contribution is 0.0950. The molecule has 0 saturated heterocycles. The normalized spacial score (nSPS) is 15.7. The fourth-order valence-electron chi connectivity index (χ4n) is 2.35. The van der Waals surface area contributed by atoms with E-state index in [4.69, 9.17) is 5.73 Å². The highest BCUT2D eigenvalue weighted by Gasteiger charge is 2.28. The second-order valence-corrected chi connectivity index (χ2v) is 5.61. The van der Waals surface area contributed by atoms with Crippen LogP contribution in [0.4, 0.5) is 0 Å². The summed E-state index contributed by atoms with van der Waals surface area (Å²) in [5.74, 6) is 0.540. The van der Waals surface area contributed by atoms with Gasteiger partial charge < -0.3 is 11.1 Å². The second-order valence-electron chi connectivity index (χ2n) is 5.61. The highest BCUT2D eigenvalue weighted by molar-refractivity contribution is 5.94. The summed E-state index contributed by atoms with van der Waals surface area (Å²) in [6, 6.07) is 9.58. The number of benzene rings is 1. The van der Waals surface area contributed by atoms with Crippen LogP contribution in [0.5, 0.6) is 0 Å². The quantitative estimate of drug-likeness (QED) is 0.842. The molecule has 1 atom stereocenters. The topological polar surface area (TPSA) is 72.9 Å². The van der Waals surface area contributed by atoms with E-state index in [1.807, 2.05) is 41.2 Å². The van der Waals surface area contributed by atoms with Crippen molar-refractivity contribution in [2.24, 2.45) is 11.7 Å². The molecule has 0 radical (unpaired) electrons. The Labute approximate surface area is 124 Å². The molecule has 5 nitrogen and oxygen atoms in total. The molecule has 0 bridgehead atoms. The number of carbonyl (C=O) groups is 1. The van der Waals surface area contributed by atoms with Gasteiger partial charge in [-0.15, -0.1) is 0 Å². The van der Waals surface area contributed by atoms with E-state index in [0.29, 0.717) is 24.6 Å². The predicted octanol–water partition coefficient (Wildman–Crippen LogP) is 1.40. The Morgan fingerprint density at radius 2 is 2.14 bits per heavy atom. The maximum absolute atomic E-state index is 12.0. The molecule has 1 aromatic heterocycles. The number of hydrogen-bond acceptors (Lipinski definition) is 3. The van der Waals surface area contributed by atoms with Crippen molar-refractivity contribution >= 4 is 5.91 Å². The second kappa shape index (κ2) is 6.10. The van der Waals surface area contributed by atoms with Crippen molar-refractivity contribution in [3.05, 3.63) is 53.9 Å². The molecule has 1 fully saturated rings. The maximum Gasteiger partial charge on any atom is 0.251 e. The molecule has 3 N–H and O–H groups in total. The number of aromatic nitrogens is 2. The van der Waals surface area contributed by atoms with Gasteiger partial charge >= 0.3 is 0 Å². The third kappa shape index (κ3) is 3.70. The van der Waals surface area contributed by atoms with Crippen molar-refractivity contribution in [3.8, 4) is 0 Å². The number of rotatable bonds is 6. The van der Waals surface area contributed by atoms with E-state index >= 15 is 0 Å². The molecule has 3 rings (SSSR count). The van der Waals surface area contributed by atoms with Gasteiger partial charge in [-0.2, -0.15) is 5.10 Å². The molecule has 0 aliphatic heterocycles. The van der Waals surface area contributed by atoms with Crippen LogP contribution in [-0.4, -0.2) is 28.3 Å². The van der Waals surface area contributed by atoms with Gasteiger partial charge in [0.1, 0.15) is 0 Å². The van der Waals surface area contributed by atoms with Gasteiger partial charge in [-0.3, -0.25) is 9.48 Å². The zero-order chi connectivity index (χ0) is 14.7. The van der Waals surface area contributed by atoms with E-state index in [-0.39, 0.29) is 11.9 Å². The van der Waals surface area contributed by atoms with Crippen LogP contribution in [-0.2, 0) is 6.54 Å². The van der Waals surface area contributed by atoms with E-state index in [2.05, 4.69) is 10.4 Å². The van der Waals surface area contributed by atoms with Gasteiger partial charge in [0, 0.05) is 30.5 Å². The highest BCUT2D eigenvalue weighted by atomic mass is 16.1.